The Morgan fingerprint density at radius 2 is 0.561 bits per heavy atom. The Labute approximate surface area is 471 Å². The van der Waals surface area contributed by atoms with Crippen LogP contribution in [0.2, 0.25) is 0 Å². The lowest BCUT2D eigenvalue weighted by Crippen LogP contribution is -2.01. The minimum absolute atomic E-state index is 0.606. The number of rotatable bonds is 8. The monoisotopic (exact) mass is 1050 g/mol. The van der Waals surface area contributed by atoms with E-state index in [1.54, 1.807) is 0 Å². The molecule has 7 heteroatoms. The number of nitrogens with zero attached hydrogens (tertiary/aromatic N) is 7. The number of fused-ring (bicyclic) bond motifs is 14. The zero-order valence-corrected chi connectivity index (χ0v) is 44.3. The summed E-state index contributed by atoms with van der Waals surface area (Å²) >= 11 is 0. The third-order valence-corrected chi connectivity index (χ3v) is 16.6. The molecule has 0 atom stereocenters. The van der Waals surface area contributed by atoms with Crippen molar-refractivity contribution in [2.75, 3.05) is 0 Å². The number of hydrogen-bond acceptors (Lipinski definition) is 3. The molecule has 17 aromatic rings. The van der Waals surface area contributed by atoms with Crippen molar-refractivity contribution in [1.29, 1.82) is 0 Å². The summed E-state index contributed by atoms with van der Waals surface area (Å²) in [4.78, 5) is 15.4. The van der Waals surface area contributed by atoms with Crippen molar-refractivity contribution in [3.63, 3.8) is 0 Å². The molecule has 5 aromatic heterocycles. The van der Waals surface area contributed by atoms with E-state index in [0.29, 0.717) is 17.5 Å². The molecule has 0 aliphatic heterocycles. The molecule has 17 rings (SSSR count). The van der Waals surface area contributed by atoms with E-state index in [4.69, 9.17) is 15.0 Å². The highest BCUT2D eigenvalue weighted by atomic mass is 15.1. The van der Waals surface area contributed by atoms with E-state index < -0.39 is 0 Å². The molecule has 0 aliphatic rings. The molecule has 382 valence electrons. The highest BCUT2D eigenvalue weighted by Gasteiger charge is 2.25. The smallest absolute Gasteiger partial charge is 0.164 e. The van der Waals surface area contributed by atoms with Crippen LogP contribution in [0, 0.1) is 0 Å². The van der Waals surface area contributed by atoms with Crippen LogP contribution in [0.15, 0.2) is 285 Å². The molecule has 0 aliphatic carbocycles. The first kappa shape index (κ1) is 45.8. The maximum atomic E-state index is 5.18. The van der Waals surface area contributed by atoms with Crippen LogP contribution >= 0.6 is 0 Å². The van der Waals surface area contributed by atoms with Crippen molar-refractivity contribution < 1.29 is 0 Å². The summed E-state index contributed by atoms with van der Waals surface area (Å²) in [7, 11) is 0. The first-order valence-corrected chi connectivity index (χ1v) is 27.9. The molecular weight excluding hydrogens is 999 g/mol. The van der Waals surface area contributed by atoms with Gasteiger partial charge < -0.3 is 18.3 Å². The molecular formula is C75H47N7. The van der Waals surface area contributed by atoms with Crippen LogP contribution < -0.4 is 0 Å². The third-order valence-electron chi connectivity index (χ3n) is 16.6. The van der Waals surface area contributed by atoms with Gasteiger partial charge in [0.1, 0.15) is 0 Å². The van der Waals surface area contributed by atoms with Crippen LogP contribution in [0.5, 0.6) is 0 Å². The summed E-state index contributed by atoms with van der Waals surface area (Å²) in [5.74, 6) is 1.86. The second kappa shape index (κ2) is 18.2. The minimum Gasteiger partial charge on any atom is -0.309 e. The number of hydrogen-bond donors (Lipinski definition) is 0. The molecule has 0 saturated heterocycles. The Balaban J connectivity index is 0.912. The molecule has 0 radical (unpaired) electrons. The fourth-order valence-corrected chi connectivity index (χ4v) is 13.0. The highest BCUT2D eigenvalue weighted by molar-refractivity contribution is 6.27. The summed E-state index contributed by atoms with van der Waals surface area (Å²) in [6.07, 6.45) is 0. The molecule has 0 bridgehead atoms. The predicted molar refractivity (Wildman–Crippen MR) is 339 cm³/mol. The molecule has 0 N–H and O–H groups in total. The van der Waals surface area contributed by atoms with Crippen LogP contribution in [0.4, 0.5) is 0 Å². The van der Waals surface area contributed by atoms with Crippen molar-refractivity contribution in [3.8, 4) is 68.0 Å². The van der Waals surface area contributed by atoms with Gasteiger partial charge in [-0.3, -0.25) is 0 Å². The number of benzene rings is 12. The van der Waals surface area contributed by atoms with Gasteiger partial charge in [0.25, 0.3) is 0 Å². The van der Waals surface area contributed by atoms with Gasteiger partial charge in [-0.2, -0.15) is 0 Å². The summed E-state index contributed by atoms with van der Waals surface area (Å²) in [5, 5.41) is 9.56. The second-order valence-corrected chi connectivity index (χ2v) is 21.1. The van der Waals surface area contributed by atoms with Gasteiger partial charge in [0.2, 0.25) is 0 Å². The largest absolute Gasteiger partial charge is 0.309 e. The van der Waals surface area contributed by atoms with Crippen molar-refractivity contribution in [2.24, 2.45) is 0 Å². The molecule has 82 heavy (non-hydrogen) atoms. The molecule has 0 spiro atoms. The standard InChI is InChI=1S/C75H47N7/c1-6-21-48(22-7-1)73-76-74(49-23-8-2-9-24-49)78-75(77-73)52-25-20-32-56(45-52)82-67-43-38-50(46-62(67)59-41-44-68-69(70(59)82)61-34-17-19-36-65(61)79(68)53-26-10-3-11-27-53)51-37-42-66-63(47-51)60-40-39-58-57-33-16-18-35-64(57)80(54-28-12-4-13-29-54)71(58)72(60)81(66)55-30-14-5-15-31-55/h1-47H. The fourth-order valence-electron chi connectivity index (χ4n) is 13.0. The SMILES string of the molecule is c1ccc(-c2nc(-c3ccccc3)nc(-c3cccc(-n4c5ccc(-c6ccc7c(c6)c6ccc8c9ccccc9n(-c9ccccc9)c8c6n7-c6ccccc6)cc5c5ccc6c(c7ccccc7n6-c6ccccc6)c54)c3)n2)cc1. The van der Waals surface area contributed by atoms with Crippen LogP contribution in [-0.2, 0) is 0 Å². The van der Waals surface area contributed by atoms with E-state index in [1.165, 1.54) is 54.3 Å². The van der Waals surface area contributed by atoms with Crippen molar-refractivity contribution in [2.45, 2.75) is 0 Å². The fraction of sp³-hybridized carbons (Fsp3) is 0. The Morgan fingerprint density at radius 1 is 0.195 bits per heavy atom. The number of aromatic nitrogens is 7. The van der Waals surface area contributed by atoms with Gasteiger partial charge in [-0.05, 0) is 102 Å². The average Bonchev–Trinajstić information content (AvgIpc) is 4.39. The maximum Gasteiger partial charge on any atom is 0.164 e. The van der Waals surface area contributed by atoms with Crippen LogP contribution in [0.1, 0.15) is 0 Å². The lowest BCUT2D eigenvalue weighted by atomic mass is 10.00. The molecule has 7 nitrogen and oxygen atoms in total. The normalized spacial score (nSPS) is 11.9. The molecule has 0 fully saturated rings. The van der Waals surface area contributed by atoms with Crippen LogP contribution in [0.3, 0.4) is 0 Å². The van der Waals surface area contributed by atoms with Gasteiger partial charge in [-0.15, -0.1) is 0 Å². The first-order valence-electron chi connectivity index (χ1n) is 27.9. The first-order chi connectivity index (χ1) is 40.7. The van der Waals surface area contributed by atoms with E-state index >= 15 is 0 Å². The van der Waals surface area contributed by atoms with Gasteiger partial charge >= 0.3 is 0 Å². The van der Waals surface area contributed by atoms with Gasteiger partial charge in [0.15, 0.2) is 17.5 Å². The van der Waals surface area contributed by atoms with Crippen molar-refractivity contribution >= 4 is 87.2 Å². The highest BCUT2D eigenvalue weighted by Crippen LogP contribution is 2.46. The quantitative estimate of drug-likeness (QED) is 0.152. The van der Waals surface area contributed by atoms with Gasteiger partial charge in [0, 0.05) is 82.5 Å². The molecule has 0 unspecified atom stereocenters. The lowest BCUT2D eigenvalue weighted by Gasteiger charge is -2.13. The molecule has 5 heterocycles. The topological polar surface area (TPSA) is 58.4 Å². The van der Waals surface area contributed by atoms with Crippen LogP contribution in [0.25, 0.3) is 155 Å². The number of para-hydroxylation sites is 5. The van der Waals surface area contributed by atoms with Gasteiger partial charge in [0.05, 0.1) is 44.1 Å². The summed E-state index contributed by atoms with van der Waals surface area (Å²) in [6.45, 7) is 0. The Hall–Kier alpha value is -11.2. The molecule has 0 amide bonds. The average molecular weight is 1050 g/mol. The zero-order chi connectivity index (χ0) is 53.8. The van der Waals surface area contributed by atoms with E-state index in [-0.39, 0.29) is 0 Å². The van der Waals surface area contributed by atoms with Crippen molar-refractivity contribution in [1.82, 2.24) is 33.2 Å². The summed E-state index contributed by atoms with van der Waals surface area (Å²) in [5.41, 5.74) is 18.6. The van der Waals surface area contributed by atoms with Gasteiger partial charge in [-0.25, -0.2) is 15.0 Å². The Morgan fingerprint density at radius 3 is 1.11 bits per heavy atom. The Kier molecular flexibility index (Phi) is 10.2. The lowest BCUT2D eigenvalue weighted by molar-refractivity contribution is 1.07. The molecule has 0 saturated carbocycles. The second-order valence-electron chi connectivity index (χ2n) is 21.1. The molecule has 12 aromatic carbocycles. The van der Waals surface area contributed by atoms with Crippen molar-refractivity contribution in [3.05, 3.63) is 285 Å². The predicted octanol–water partition coefficient (Wildman–Crippen LogP) is 18.9. The van der Waals surface area contributed by atoms with E-state index in [2.05, 4.69) is 267 Å². The van der Waals surface area contributed by atoms with E-state index in [9.17, 15) is 0 Å². The van der Waals surface area contributed by atoms with Gasteiger partial charge in [-0.1, -0.05) is 194 Å². The minimum atomic E-state index is 0.606. The Bertz CT molecular complexity index is 5310. The van der Waals surface area contributed by atoms with E-state index in [1.807, 2.05) is 36.4 Å². The zero-order valence-electron chi connectivity index (χ0n) is 44.3. The summed E-state index contributed by atoms with van der Waals surface area (Å²) in [6, 6.07) is 102. The van der Waals surface area contributed by atoms with E-state index in [0.717, 1.165) is 83.5 Å². The maximum absolute atomic E-state index is 5.18. The summed E-state index contributed by atoms with van der Waals surface area (Å²) < 4.78 is 9.80. The van der Waals surface area contributed by atoms with Crippen LogP contribution in [-0.4, -0.2) is 33.2 Å². The third kappa shape index (κ3) is 7.00.